The van der Waals surface area contributed by atoms with E-state index in [-0.39, 0.29) is 16.7 Å². The van der Waals surface area contributed by atoms with Crippen LogP contribution in [0, 0.1) is 0 Å². The van der Waals surface area contributed by atoms with E-state index >= 15 is 0 Å². The highest BCUT2D eigenvalue weighted by Gasteiger charge is 2.32. The SMILES string of the molecule is CCCN(C1CCNC1)S(=O)(=O)c1cccc(C(C)=O)c1. The van der Waals surface area contributed by atoms with Crippen LogP contribution >= 0.6 is 0 Å². The second-order valence-corrected chi connectivity index (χ2v) is 7.24. The molecule has 1 aliphatic rings. The largest absolute Gasteiger partial charge is 0.315 e. The lowest BCUT2D eigenvalue weighted by atomic mass is 10.2. The lowest BCUT2D eigenvalue weighted by molar-refractivity contribution is 0.101. The molecule has 1 N–H and O–H groups in total. The molecule has 0 saturated carbocycles. The third-order valence-electron chi connectivity index (χ3n) is 3.73. The summed E-state index contributed by atoms with van der Waals surface area (Å²) in [5, 5.41) is 3.20. The summed E-state index contributed by atoms with van der Waals surface area (Å²) in [5.41, 5.74) is 0.428. The van der Waals surface area contributed by atoms with Crippen molar-refractivity contribution in [2.75, 3.05) is 19.6 Å². The summed E-state index contributed by atoms with van der Waals surface area (Å²) in [7, 11) is -3.56. The minimum atomic E-state index is -3.56. The van der Waals surface area contributed by atoms with Gasteiger partial charge < -0.3 is 5.32 Å². The highest BCUT2D eigenvalue weighted by atomic mass is 32.2. The molecule has 1 aromatic rings. The molecule has 6 heteroatoms. The molecule has 0 aliphatic carbocycles. The smallest absolute Gasteiger partial charge is 0.243 e. The van der Waals surface area contributed by atoms with Crippen molar-refractivity contribution in [3.8, 4) is 0 Å². The van der Waals surface area contributed by atoms with E-state index in [1.165, 1.54) is 13.0 Å². The van der Waals surface area contributed by atoms with Gasteiger partial charge in [0.05, 0.1) is 4.90 Å². The van der Waals surface area contributed by atoms with Gasteiger partial charge in [-0.3, -0.25) is 4.79 Å². The molecule has 1 unspecified atom stereocenters. The molecule has 1 fully saturated rings. The van der Waals surface area contributed by atoms with Crippen molar-refractivity contribution in [1.82, 2.24) is 9.62 Å². The Hall–Kier alpha value is -1.24. The van der Waals surface area contributed by atoms with Crippen molar-refractivity contribution in [2.45, 2.75) is 37.6 Å². The monoisotopic (exact) mass is 310 g/mol. The van der Waals surface area contributed by atoms with Crippen LogP contribution in [0.4, 0.5) is 0 Å². The first kappa shape index (κ1) is 16.1. The highest BCUT2D eigenvalue weighted by molar-refractivity contribution is 7.89. The second-order valence-electron chi connectivity index (χ2n) is 5.35. The zero-order valence-corrected chi connectivity index (χ0v) is 13.3. The van der Waals surface area contributed by atoms with Gasteiger partial charge in [-0.2, -0.15) is 4.31 Å². The van der Waals surface area contributed by atoms with Crippen LogP contribution in [0.15, 0.2) is 29.2 Å². The van der Waals surface area contributed by atoms with Gasteiger partial charge in [0, 0.05) is 24.7 Å². The van der Waals surface area contributed by atoms with Crippen molar-refractivity contribution in [1.29, 1.82) is 0 Å². The van der Waals surface area contributed by atoms with Gasteiger partial charge in [-0.1, -0.05) is 19.1 Å². The molecule has 21 heavy (non-hydrogen) atoms. The standard InChI is InChI=1S/C15H22N2O3S/c1-3-9-17(14-7-8-16-11-14)21(19,20)15-6-4-5-13(10-15)12(2)18/h4-6,10,14,16H,3,7-9,11H2,1-2H3. The van der Waals surface area contributed by atoms with E-state index < -0.39 is 10.0 Å². The summed E-state index contributed by atoms with van der Waals surface area (Å²) < 4.78 is 27.3. The zero-order valence-electron chi connectivity index (χ0n) is 12.5. The fraction of sp³-hybridized carbons (Fsp3) is 0.533. The minimum Gasteiger partial charge on any atom is -0.315 e. The predicted octanol–water partition coefficient (Wildman–Crippen LogP) is 1.65. The average molecular weight is 310 g/mol. The number of carbonyl (C=O) groups is 1. The maximum atomic E-state index is 12.9. The minimum absolute atomic E-state index is 0.00376. The fourth-order valence-corrected chi connectivity index (χ4v) is 4.41. The fourth-order valence-electron chi connectivity index (χ4n) is 2.62. The van der Waals surface area contributed by atoms with E-state index in [9.17, 15) is 13.2 Å². The van der Waals surface area contributed by atoms with Gasteiger partial charge in [-0.05, 0) is 38.4 Å². The number of rotatable bonds is 6. The average Bonchev–Trinajstić information content (AvgIpc) is 2.98. The van der Waals surface area contributed by atoms with Crippen LogP contribution in [-0.2, 0) is 10.0 Å². The van der Waals surface area contributed by atoms with Gasteiger partial charge in [0.2, 0.25) is 10.0 Å². The molecule has 2 rings (SSSR count). The molecule has 0 spiro atoms. The topological polar surface area (TPSA) is 66.5 Å². The molecule has 0 aromatic heterocycles. The molecule has 1 aliphatic heterocycles. The van der Waals surface area contributed by atoms with E-state index in [2.05, 4.69) is 5.32 Å². The first-order valence-electron chi connectivity index (χ1n) is 7.30. The van der Waals surface area contributed by atoms with Crippen LogP contribution in [0.1, 0.15) is 37.0 Å². The number of ketones is 1. The first-order valence-corrected chi connectivity index (χ1v) is 8.74. The van der Waals surface area contributed by atoms with E-state index in [1.54, 1.807) is 22.5 Å². The quantitative estimate of drug-likeness (QED) is 0.811. The van der Waals surface area contributed by atoms with Gasteiger partial charge in [-0.25, -0.2) is 8.42 Å². The number of nitrogens with one attached hydrogen (secondary N) is 1. The third-order valence-corrected chi connectivity index (χ3v) is 5.68. The number of hydrogen-bond acceptors (Lipinski definition) is 4. The Morgan fingerprint density at radius 3 is 2.76 bits per heavy atom. The molecular weight excluding hydrogens is 288 g/mol. The van der Waals surface area contributed by atoms with E-state index in [4.69, 9.17) is 0 Å². The molecule has 0 bridgehead atoms. The molecule has 1 saturated heterocycles. The van der Waals surface area contributed by atoms with Crippen LogP contribution in [0.2, 0.25) is 0 Å². The molecule has 1 atom stereocenters. The summed E-state index contributed by atoms with van der Waals surface area (Å²) in [5.74, 6) is -0.128. The summed E-state index contributed by atoms with van der Waals surface area (Å²) in [6.07, 6.45) is 1.59. The predicted molar refractivity (Wildman–Crippen MR) is 81.9 cm³/mol. The van der Waals surface area contributed by atoms with Crippen molar-refractivity contribution < 1.29 is 13.2 Å². The number of Topliss-reactive ketones (excluding diaryl/α,β-unsaturated/α-hetero) is 1. The Balaban J connectivity index is 2.37. The Bertz CT molecular complexity index is 607. The number of benzene rings is 1. The third kappa shape index (κ3) is 3.51. The number of carbonyl (C=O) groups excluding carboxylic acids is 1. The summed E-state index contributed by atoms with van der Waals surface area (Å²) in [6.45, 7) is 5.44. The molecule has 0 radical (unpaired) electrons. The van der Waals surface area contributed by atoms with E-state index in [1.807, 2.05) is 6.92 Å². The van der Waals surface area contributed by atoms with Crippen LogP contribution in [0.3, 0.4) is 0 Å². The van der Waals surface area contributed by atoms with E-state index in [0.29, 0.717) is 18.7 Å². The zero-order chi connectivity index (χ0) is 15.5. The van der Waals surface area contributed by atoms with E-state index in [0.717, 1.165) is 19.4 Å². The lowest BCUT2D eigenvalue weighted by Crippen LogP contribution is -2.42. The molecule has 1 aromatic carbocycles. The number of nitrogens with zero attached hydrogens (tertiary/aromatic N) is 1. The lowest BCUT2D eigenvalue weighted by Gasteiger charge is -2.27. The normalized spacial score (nSPS) is 19.1. The molecule has 116 valence electrons. The number of hydrogen-bond donors (Lipinski definition) is 1. The van der Waals surface area contributed by atoms with Crippen LogP contribution in [-0.4, -0.2) is 44.2 Å². The number of sulfonamides is 1. The van der Waals surface area contributed by atoms with Crippen LogP contribution in [0.25, 0.3) is 0 Å². The second kappa shape index (κ2) is 6.68. The van der Waals surface area contributed by atoms with Gasteiger partial charge in [0.1, 0.15) is 0 Å². The molecule has 0 amide bonds. The van der Waals surface area contributed by atoms with Gasteiger partial charge in [0.25, 0.3) is 0 Å². The molecular formula is C15H22N2O3S. The maximum absolute atomic E-state index is 12.9. The van der Waals surface area contributed by atoms with Crippen molar-refractivity contribution >= 4 is 15.8 Å². The van der Waals surface area contributed by atoms with Crippen molar-refractivity contribution in [2.24, 2.45) is 0 Å². The first-order chi connectivity index (χ1) is 9.96. The Kier molecular flexibility index (Phi) is 5.13. The van der Waals surface area contributed by atoms with Crippen molar-refractivity contribution in [3.05, 3.63) is 29.8 Å². The Morgan fingerprint density at radius 2 is 2.19 bits per heavy atom. The summed E-state index contributed by atoms with van der Waals surface area (Å²) >= 11 is 0. The van der Waals surface area contributed by atoms with Gasteiger partial charge in [0.15, 0.2) is 5.78 Å². The van der Waals surface area contributed by atoms with Gasteiger partial charge >= 0.3 is 0 Å². The molecule has 5 nitrogen and oxygen atoms in total. The Labute approximate surface area is 126 Å². The summed E-state index contributed by atoms with van der Waals surface area (Å²) in [4.78, 5) is 11.7. The van der Waals surface area contributed by atoms with Crippen LogP contribution < -0.4 is 5.32 Å². The molecule has 1 heterocycles. The Morgan fingerprint density at radius 1 is 1.43 bits per heavy atom. The van der Waals surface area contributed by atoms with Gasteiger partial charge in [-0.15, -0.1) is 0 Å². The van der Waals surface area contributed by atoms with Crippen LogP contribution in [0.5, 0.6) is 0 Å². The summed E-state index contributed by atoms with van der Waals surface area (Å²) in [6, 6.07) is 6.30. The van der Waals surface area contributed by atoms with Crippen molar-refractivity contribution in [3.63, 3.8) is 0 Å². The highest BCUT2D eigenvalue weighted by Crippen LogP contribution is 2.22. The maximum Gasteiger partial charge on any atom is 0.243 e.